The molecule has 0 saturated heterocycles. The van der Waals surface area contributed by atoms with Gasteiger partial charge in [-0.25, -0.2) is 8.42 Å². The predicted molar refractivity (Wildman–Crippen MR) is 47.2 cm³/mol. The van der Waals surface area contributed by atoms with Gasteiger partial charge in [0.1, 0.15) is 0 Å². The molecule has 0 saturated carbocycles. The molecule has 0 aliphatic rings. The lowest BCUT2D eigenvalue weighted by molar-refractivity contribution is 0.178. The predicted octanol–water partition coefficient (Wildman–Crippen LogP) is 1.50. The topological polar surface area (TPSA) is 37.4 Å². The van der Waals surface area contributed by atoms with Gasteiger partial charge in [0.2, 0.25) is 0 Å². The molecule has 0 aliphatic carbocycles. The first kappa shape index (κ1) is 10.1. The Labute approximate surface area is 76.8 Å². The SMILES string of the molecule is Cc1ccccc1S(=O)(=O)N(C)F. The molecule has 0 heterocycles. The van der Waals surface area contributed by atoms with Gasteiger partial charge >= 0.3 is 0 Å². The molecule has 0 aliphatic heterocycles. The molecule has 0 radical (unpaired) electrons. The maximum absolute atomic E-state index is 12.6. The van der Waals surface area contributed by atoms with Crippen LogP contribution in [0.3, 0.4) is 0 Å². The van der Waals surface area contributed by atoms with Crippen LogP contribution in [0.25, 0.3) is 0 Å². The second kappa shape index (κ2) is 3.43. The van der Waals surface area contributed by atoms with Crippen molar-refractivity contribution in [3.05, 3.63) is 29.8 Å². The first-order valence-electron chi connectivity index (χ1n) is 3.66. The summed E-state index contributed by atoms with van der Waals surface area (Å²) in [5.41, 5.74) is 0.534. The van der Waals surface area contributed by atoms with E-state index in [1.54, 1.807) is 25.1 Å². The molecule has 5 heteroatoms. The van der Waals surface area contributed by atoms with Crippen LogP contribution in [0, 0.1) is 6.92 Å². The zero-order valence-electron chi connectivity index (χ0n) is 7.36. The van der Waals surface area contributed by atoms with Gasteiger partial charge in [-0.1, -0.05) is 18.2 Å². The number of rotatable bonds is 2. The molecule has 3 nitrogen and oxygen atoms in total. The van der Waals surface area contributed by atoms with Crippen LogP contribution < -0.4 is 0 Å². The minimum Gasteiger partial charge on any atom is -0.205 e. The van der Waals surface area contributed by atoms with Crippen LogP contribution in [0.15, 0.2) is 29.2 Å². The number of aryl methyl sites for hydroxylation is 1. The minimum absolute atomic E-state index is 0.000000000000000444. The standard InChI is InChI=1S/C8H10FNO2S/c1-7-5-3-4-6-8(7)13(11,12)10(2)9/h3-6H,1-2H3. The van der Waals surface area contributed by atoms with Gasteiger partial charge < -0.3 is 0 Å². The Balaban J connectivity index is 3.32. The quantitative estimate of drug-likeness (QED) is 0.683. The highest BCUT2D eigenvalue weighted by molar-refractivity contribution is 7.89. The number of nitrogens with zero attached hydrogens (tertiary/aromatic N) is 1. The molecule has 0 fully saturated rings. The molecule has 0 spiro atoms. The highest BCUT2D eigenvalue weighted by atomic mass is 32.2. The van der Waals surface area contributed by atoms with Crippen LogP contribution in [0.2, 0.25) is 0 Å². The van der Waals surface area contributed by atoms with E-state index in [1.807, 2.05) is 0 Å². The van der Waals surface area contributed by atoms with E-state index in [2.05, 4.69) is 0 Å². The van der Waals surface area contributed by atoms with Crippen molar-refractivity contribution in [2.45, 2.75) is 11.8 Å². The Kier molecular flexibility index (Phi) is 2.68. The van der Waals surface area contributed by atoms with Crippen LogP contribution in [-0.4, -0.2) is 20.0 Å². The molecule has 0 N–H and O–H groups in total. The summed E-state index contributed by atoms with van der Waals surface area (Å²) < 4.78 is 34.9. The van der Waals surface area contributed by atoms with E-state index in [9.17, 15) is 12.9 Å². The van der Waals surface area contributed by atoms with Crippen LogP contribution in [0.4, 0.5) is 4.48 Å². The zero-order valence-corrected chi connectivity index (χ0v) is 8.18. The minimum atomic E-state index is -3.94. The molecule has 0 unspecified atom stereocenters. The van der Waals surface area contributed by atoms with Gasteiger partial charge in [-0.3, -0.25) is 0 Å². The van der Waals surface area contributed by atoms with E-state index in [0.717, 1.165) is 7.05 Å². The van der Waals surface area contributed by atoms with Gasteiger partial charge in [0.15, 0.2) is 0 Å². The van der Waals surface area contributed by atoms with Crippen LogP contribution in [-0.2, 0) is 10.0 Å². The summed E-state index contributed by atoms with van der Waals surface area (Å²) in [5, 5.41) is 0. The van der Waals surface area contributed by atoms with Crippen LogP contribution >= 0.6 is 0 Å². The van der Waals surface area contributed by atoms with Gasteiger partial charge in [0, 0.05) is 7.05 Å². The van der Waals surface area contributed by atoms with E-state index < -0.39 is 10.0 Å². The molecule has 0 amide bonds. The van der Waals surface area contributed by atoms with Gasteiger partial charge in [-0.05, 0) is 23.1 Å². The third kappa shape index (κ3) is 1.87. The smallest absolute Gasteiger partial charge is 0.205 e. The average Bonchev–Trinajstić information content (AvgIpc) is 2.04. The molecule has 1 rings (SSSR count). The van der Waals surface area contributed by atoms with E-state index in [0.29, 0.717) is 5.56 Å². The summed E-state index contributed by atoms with van der Waals surface area (Å²) in [4.78, 5) is 0.000000000000000444. The number of halogens is 1. The Morgan fingerprint density at radius 3 is 2.31 bits per heavy atom. The molecule has 0 aromatic heterocycles. The second-order valence-electron chi connectivity index (χ2n) is 2.66. The van der Waals surface area contributed by atoms with Crippen molar-refractivity contribution in [1.29, 1.82) is 0 Å². The Morgan fingerprint density at radius 2 is 1.85 bits per heavy atom. The van der Waals surface area contributed by atoms with Gasteiger partial charge in [-0.15, -0.1) is 4.48 Å². The van der Waals surface area contributed by atoms with Crippen molar-refractivity contribution in [1.82, 2.24) is 4.53 Å². The Hall–Kier alpha value is -0.940. The van der Waals surface area contributed by atoms with Crippen molar-refractivity contribution >= 4 is 10.0 Å². The number of sulfonamides is 1. The fraction of sp³-hybridized carbons (Fsp3) is 0.250. The fourth-order valence-corrected chi connectivity index (χ4v) is 1.98. The Morgan fingerprint density at radius 1 is 1.31 bits per heavy atom. The number of benzene rings is 1. The summed E-state index contributed by atoms with van der Waals surface area (Å²) in [7, 11) is -3.08. The molecular weight excluding hydrogens is 193 g/mol. The van der Waals surface area contributed by atoms with E-state index >= 15 is 0 Å². The van der Waals surface area contributed by atoms with Crippen molar-refractivity contribution in [2.24, 2.45) is 0 Å². The largest absolute Gasteiger partial charge is 0.269 e. The maximum atomic E-state index is 12.6. The van der Waals surface area contributed by atoms with Crippen LogP contribution in [0.1, 0.15) is 5.56 Å². The lowest BCUT2D eigenvalue weighted by atomic mass is 10.2. The van der Waals surface area contributed by atoms with Crippen LogP contribution in [0.5, 0.6) is 0 Å². The van der Waals surface area contributed by atoms with Gasteiger partial charge in [0.05, 0.1) is 4.90 Å². The molecular formula is C8H10FNO2S. The van der Waals surface area contributed by atoms with E-state index in [4.69, 9.17) is 0 Å². The monoisotopic (exact) mass is 203 g/mol. The highest BCUT2D eigenvalue weighted by Crippen LogP contribution is 2.17. The first-order chi connectivity index (χ1) is 5.96. The summed E-state index contributed by atoms with van der Waals surface area (Å²) >= 11 is 0. The third-order valence-electron chi connectivity index (χ3n) is 1.70. The normalized spacial score (nSPS) is 12.0. The van der Waals surface area contributed by atoms with Gasteiger partial charge in [-0.2, -0.15) is 0 Å². The highest BCUT2D eigenvalue weighted by Gasteiger charge is 2.21. The molecule has 72 valence electrons. The van der Waals surface area contributed by atoms with Crippen molar-refractivity contribution in [3.8, 4) is 0 Å². The second-order valence-corrected chi connectivity index (χ2v) is 4.55. The molecule has 1 aromatic carbocycles. The molecule has 1 aromatic rings. The fourth-order valence-electron chi connectivity index (χ4n) is 0.981. The maximum Gasteiger partial charge on any atom is 0.269 e. The first-order valence-corrected chi connectivity index (χ1v) is 5.10. The lowest BCUT2D eigenvalue weighted by Gasteiger charge is -2.08. The zero-order chi connectivity index (χ0) is 10.1. The molecule has 0 atom stereocenters. The van der Waals surface area contributed by atoms with E-state index in [1.165, 1.54) is 6.07 Å². The lowest BCUT2D eigenvalue weighted by Crippen LogP contribution is -2.19. The molecule has 13 heavy (non-hydrogen) atoms. The third-order valence-corrected chi connectivity index (χ3v) is 3.38. The summed E-state index contributed by atoms with van der Waals surface area (Å²) in [6.07, 6.45) is 0. The van der Waals surface area contributed by atoms with Crippen molar-refractivity contribution < 1.29 is 12.9 Å². The molecule has 0 bridgehead atoms. The average molecular weight is 203 g/mol. The summed E-state index contributed by atoms with van der Waals surface area (Å²) in [6, 6.07) is 6.26. The van der Waals surface area contributed by atoms with Crippen molar-refractivity contribution in [2.75, 3.05) is 7.05 Å². The number of hydrogen-bond donors (Lipinski definition) is 0. The number of hydrogen-bond acceptors (Lipinski definition) is 2. The van der Waals surface area contributed by atoms with E-state index in [-0.39, 0.29) is 9.42 Å². The summed E-state index contributed by atoms with van der Waals surface area (Å²) in [5.74, 6) is 0. The summed E-state index contributed by atoms with van der Waals surface area (Å²) in [6.45, 7) is 1.62. The Bertz CT molecular complexity index is 400. The van der Waals surface area contributed by atoms with Gasteiger partial charge in [0.25, 0.3) is 10.0 Å². The van der Waals surface area contributed by atoms with Crippen molar-refractivity contribution in [3.63, 3.8) is 0 Å².